The average molecular weight is 368 g/mol. The Morgan fingerprint density at radius 1 is 1.23 bits per heavy atom. The van der Waals surface area contributed by atoms with Crippen molar-refractivity contribution in [2.45, 2.75) is 26.6 Å². The maximum Gasteiger partial charge on any atom is 0.418 e. The number of carbonyl (C=O) groups excluding carboxylic acids is 1. The summed E-state index contributed by atoms with van der Waals surface area (Å²) in [4.78, 5) is 11.7. The van der Waals surface area contributed by atoms with Crippen LogP contribution >= 0.6 is 0 Å². The van der Waals surface area contributed by atoms with Gasteiger partial charge in [0.2, 0.25) is 0 Å². The number of para-hydroxylation sites is 1. The number of nitrogens with zero attached hydrogens (tertiary/aromatic N) is 1. The number of nitrogens with one attached hydrogen (secondary N) is 1. The number of alkyl halides is 3. The predicted molar refractivity (Wildman–Crippen MR) is 90.4 cm³/mol. The van der Waals surface area contributed by atoms with Crippen LogP contribution in [0.25, 0.3) is 0 Å². The third kappa shape index (κ3) is 4.26. The summed E-state index contributed by atoms with van der Waals surface area (Å²) in [7, 11) is 1.20. The van der Waals surface area contributed by atoms with Gasteiger partial charge in [0.1, 0.15) is 12.4 Å². The molecule has 8 heteroatoms. The van der Waals surface area contributed by atoms with Crippen LogP contribution in [0.5, 0.6) is 5.75 Å². The molecule has 2 aromatic rings. The van der Waals surface area contributed by atoms with Gasteiger partial charge in [-0.25, -0.2) is 4.79 Å². The number of hydrogen-bond acceptors (Lipinski definition) is 3. The van der Waals surface area contributed by atoms with Gasteiger partial charge in [-0.05, 0) is 31.5 Å². The molecule has 2 N–H and O–H groups in total. The number of benzene rings is 2. The minimum atomic E-state index is -4.75. The summed E-state index contributed by atoms with van der Waals surface area (Å²) >= 11 is 0. The van der Waals surface area contributed by atoms with Gasteiger partial charge in [-0.3, -0.25) is 5.21 Å². The summed E-state index contributed by atoms with van der Waals surface area (Å²) in [6.45, 7) is 3.48. The molecule has 0 saturated heterocycles. The van der Waals surface area contributed by atoms with Crippen LogP contribution in [-0.4, -0.2) is 18.3 Å². The lowest BCUT2D eigenvalue weighted by Crippen LogP contribution is -2.37. The highest BCUT2D eigenvalue weighted by Crippen LogP contribution is 2.38. The van der Waals surface area contributed by atoms with Crippen LogP contribution in [0.15, 0.2) is 36.4 Å². The van der Waals surface area contributed by atoms with Crippen molar-refractivity contribution in [3.8, 4) is 5.75 Å². The summed E-state index contributed by atoms with van der Waals surface area (Å²) < 4.78 is 45.6. The molecule has 140 valence electrons. The van der Waals surface area contributed by atoms with E-state index < -0.39 is 23.5 Å². The minimum Gasteiger partial charge on any atom is -0.489 e. The van der Waals surface area contributed by atoms with Gasteiger partial charge in [0.25, 0.3) is 0 Å². The largest absolute Gasteiger partial charge is 0.489 e. The molecule has 0 aliphatic rings. The summed E-state index contributed by atoms with van der Waals surface area (Å²) in [5.41, 5.74) is 0.0711. The van der Waals surface area contributed by atoms with Crippen molar-refractivity contribution in [1.29, 1.82) is 0 Å². The van der Waals surface area contributed by atoms with Crippen molar-refractivity contribution >= 4 is 11.7 Å². The van der Waals surface area contributed by atoms with Gasteiger partial charge in [-0.1, -0.05) is 29.8 Å². The van der Waals surface area contributed by atoms with Crippen molar-refractivity contribution in [3.05, 3.63) is 58.7 Å². The second-order valence-electron chi connectivity index (χ2n) is 5.74. The molecule has 2 aromatic carbocycles. The first-order valence-electron chi connectivity index (χ1n) is 7.75. The van der Waals surface area contributed by atoms with Crippen LogP contribution in [0.1, 0.15) is 22.3 Å². The molecule has 0 heterocycles. The summed E-state index contributed by atoms with van der Waals surface area (Å²) in [6, 6.07) is 7.68. The normalized spacial score (nSPS) is 11.2. The van der Waals surface area contributed by atoms with Gasteiger partial charge in [0.05, 0.1) is 11.3 Å². The maximum absolute atomic E-state index is 13.3. The zero-order valence-corrected chi connectivity index (χ0v) is 14.5. The number of rotatable bonds is 4. The number of hydrogen-bond donors (Lipinski definition) is 2. The van der Waals surface area contributed by atoms with E-state index in [0.29, 0.717) is 5.75 Å². The standard InChI is InChI=1S/C18H19F3N2O3/c1-11-7-8-15(12(2)9-11)26-10-13-5-4-6-14(18(19,20)21)16(13)23(25)17(24)22-3/h4-9,25H,10H2,1-3H3,(H,22,24). The van der Waals surface area contributed by atoms with Gasteiger partial charge in [-0.2, -0.15) is 18.2 Å². The van der Waals surface area contributed by atoms with E-state index in [9.17, 15) is 23.2 Å². The molecule has 0 fully saturated rings. The van der Waals surface area contributed by atoms with Gasteiger partial charge in [-0.15, -0.1) is 0 Å². The summed E-state index contributed by atoms with van der Waals surface area (Å²) in [5, 5.41) is 12.0. The van der Waals surface area contributed by atoms with Crippen molar-refractivity contribution in [1.82, 2.24) is 5.32 Å². The molecule has 0 bridgehead atoms. The molecule has 0 aliphatic carbocycles. The number of ether oxygens (including phenoxy) is 1. The first-order chi connectivity index (χ1) is 12.1. The Morgan fingerprint density at radius 3 is 2.50 bits per heavy atom. The highest BCUT2D eigenvalue weighted by molar-refractivity contribution is 5.91. The van der Waals surface area contributed by atoms with Crippen LogP contribution < -0.4 is 15.1 Å². The molecule has 0 atom stereocenters. The van der Waals surface area contributed by atoms with E-state index in [1.807, 2.05) is 26.0 Å². The van der Waals surface area contributed by atoms with Crippen molar-refractivity contribution in [2.75, 3.05) is 12.1 Å². The van der Waals surface area contributed by atoms with Crippen LogP contribution in [0.3, 0.4) is 0 Å². The van der Waals surface area contributed by atoms with E-state index in [1.54, 1.807) is 6.07 Å². The van der Waals surface area contributed by atoms with Crippen LogP contribution in [0.4, 0.5) is 23.7 Å². The second-order valence-corrected chi connectivity index (χ2v) is 5.74. The second kappa shape index (κ2) is 7.65. The Morgan fingerprint density at radius 2 is 1.92 bits per heavy atom. The molecule has 0 aromatic heterocycles. The van der Waals surface area contributed by atoms with E-state index in [0.717, 1.165) is 17.2 Å². The molecule has 2 rings (SSSR count). The molecule has 26 heavy (non-hydrogen) atoms. The fraction of sp³-hybridized carbons (Fsp3) is 0.278. The number of amides is 2. The molecule has 0 saturated carbocycles. The Labute approximate surface area is 149 Å². The smallest absolute Gasteiger partial charge is 0.418 e. The molecule has 0 aliphatic heterocycles. The van der Waals surface area contributed by atoms with Crippen LogP contribution in [0, 0.1) is 13.8 Å². The molecule has 0 unspecified atom stereocenters. The third-order valence-electron chi connectivity index (χ3n) is 3.76. The number of urea groups is 1. The van der Waals surface area contributed by atoms with E-state index in [-0.39, 0.29) is 17.2 Å². The van der Waals surface area contributed by atoms with Gasteiger partial charge < -0.3 is 10.1 Å². The van der Waals surface area contributed by atoms with Crippen LogP contribution in [-0.2, 0) is 12.8 Å². The van der Waals surface area contributed by atoms with Gasteiger partial charge in [0, 0.05) is 12.6 Å². The molecule has 2 amide bonds. The van der Waals surface area contributed by atoms with E-state index >= 15 is 0 Å². The zero-order valence-electron chi connectivity index (χ0n) is 14.5. The lowest BCUT2D eigenvalue weighted by atomic mass is 10.1. The summed E-state index contributed by atoms with van der Waals surface area (Å²) in [6.07, 6.45) is -4.75. The van der Waals surface area contributed by atoms with Crippen molar-refractivity contribution < 1.29 is 27.9 Å². The van der Waals surface area contributed by atoms with Gasteiger partial charge >= 0.3 is 12.2 Å². The zero-order chi connectivity index (χ0) is 19.5. The fourth-order valence-electron chi connectivity index (χ4n) is 2.51. The van der Waals surface area contributed by atoms with E-state index in [2.05, 4.69) is 5.32 Å². The Balaban J connectivity index is 2.42. The number of hydroxylamine groups is 1. The third-order valence-corrected chi connectivity index (χ3v) is 3.76. The number of carbonyl (C=O) groups is 1. The highest BCUT2D eigenvalue weighted by atomic mass is 19.4. The Bertz CT molecular complexity index is 807. The maximum atomic E-state index is 13.3. The van der Waals surface area contributed by atoms with E-state index in [4.69, 9.17) is 4.74 Å². The fourth-order valence-corrected chi connectivity index (χ4v) is 2.51. The first kappa shape index (κ1) is 19.6. The Hall–Kier alpha value is -2.74. The number of anilines is 1. The highest BCUT2D eigenvalue weighted by Gasteiger charge is 2.37. The molecule has 0 spiro atoms. The quantitative estimate of drug-likeness (QED) is 0.620. The SMILES string of the molecule is CNC(=O)N(O)c1c(COc2ccc(C)cc2C)cccc1C(F)(F)F. The van der Waals surface area contributed by atoms with Crippen LogP contribution in [0.2, 0.25) is 0 Å². The van der Waals surface area contributed by atoms with E-state index in [1.165, 1.54) is 19.2 Å². The Kier molecular flexibility index (Phi) is 5.76. The average Bonchev–Trinajstić information content (AvgIpc) is 2.58. The topological polar surface area (TPSA) is 61.8 Å². The molecule has 0 radical (unpaired) electrons. The lowest BCUT2D eigenvalue weighted by Gasteiger charge is -2.23. The predicted octanol–water partition coefficient (Wildman–Crippen LogP) is 4.44. The minimum absolute atomic E-state index is 0.0194. The molecule has 5 nitrogen and oxygen atoms in total. The lowest BCUT2D eigenvalue weighted by molar-refractivity contribution is -0.137. The number of aryl methyl sites for hydroxylation is 2. The molecular weight excluding hydrogens is 349 g/mol. The monoisotopic (exact) mass is 368 g/mol. The molecular formula is C18H19F3N2O3. The summed E-state index contributed by atoms with van der Waals surface area (Å²) in [5.74, 6) is 0.503. The van der Waals surface area contributed by atoms with Crippen molar-refractivity contribution in [3.63, 3.8) is 0 Å². The van der Waals surface area contributed by atoms with Crippen molar-refractivity contribution in [2.24, 2.45) is 0 Å². The number of halogens is 3. The first-order valence-corrected chi connectivity index (χ1v) is 7.75. The van der Waals surface area contributed by atoms with Gasteiger partial charge in [0.15, 0.2) is 0 Å².